The Kier molecular flexibility index (Phi) is 2.44. The Morgan fingerprint density at radius 2 is 2.29 bits per heavy atom. The number of furan rings is 1. The van der Waals surface area contributed by atoms with Gasteiger partial charge in [0.25, 0.3) is 0 Å². The minimum Gasteiger partial charge on any atom is -0.468 e. The van der Waals surface area contributed by atoms with Gasteiger partial charge in [0.05, 0.1) is 6.20 Å². The molecular weight excluding hydrogens is 180 g/mol. The van der Waals surface area contributed by atoms with Crippen LogP contribution in [0.4, 0.5) is 0 Å². The van der Waals surface area contributed by atoms with Crippen molar-refractivity contribution in [1.29, 1.82) is 0 Å². The molecule has 0 fully saturated rings. The molecule has 0 unspecified atom stereocenters. The van der Waals surface area contributed by atoms with E-state index >= 15 is 0 Å². The van der Waals surface area contributed by atoms with Gasteiger partial charge >= 0.3 is 0 Å². The van der Waals surface area contributed by atoms with E-state index in [4.69, 9.17) is 9.15 Å². The molecule has 4 nitrogen and oxygen atoms in total. The van der Waals surface area contributed by atoms with Crippen molar-refractivity contribution < 1.29 is 9.15 Å². The van der Waals surface area contributed by atoms with Crippen LogP contribution >= 0.6 is 0 Å². The van der Waals surface area contributed by atoms with Crippen LogP contribution in [0.1, 0.15) is 11.5 Å². The molecule has 0 radical (unpaired) electrons. The first-order valence-corrected chi connectivity index (χ1v) is 4.29. The molecule has 2 rings (SSSR count). The summed E-state index contributed by atoms with van der Waals surface area (Å²) in [5, 5.41) is 0. The smallest absolute Gasteiger partial charge is 0.232 e. The van der Waals surface area contributed by atoms with Gasteiger partial charge in [-0.2, -0.15) is 0 Å². The van der Waals surface area contributed by atoms with Gasteiger partial charge in [0.15, 0.2) is 0 Å². The van der Waals surface area contributed by atoms with Crippen LogP contribution < -0.4 is 4.74 Å². The number of ether oxygens (including phenoxy) is 1. The number of rotatable bonds is 3. The molecule has 0 aliphatic rings. The number of aromatic nitrogens is 2. The Labute approximate surface area is 81.6 Å². The summed E-state index contributed by atoms with van der Waals surface area (Å²) in [7, 11) is 0. The van der Waals surface area contributed by atoms with Gasteiger partial charge in [-0.15, -0.1) is 0 Å². The van der Waals surface area contributed by atoms with E-state index in [2.05, 4.69) is 9.97 Å². The minimum atomic E-state index is 0.381. The lowest BCUT2D eigenvalue weighted by Crippen LogP contribution is -1.95. The molecule has 0 atom stereocenters. The molecule has 14 heavy (non-hydrogen) atoms. The fraction of sp³-hybridized carbons (Fsp3) is 0.200. The average molecular weight is 190 g/mol. The maximum atomic E-state index is 5.34. The molecule has 2 heterocycles. The molecule has 0 aliphatic heterocycles. The molecule has 0 aromatic carbocycles. The van der Waals surface area contributed by atoms with E-state index in [0.29, 0.717) is 12.5 Å². The maximum Gasteiger partial charge on any atom is 0.232 e. The van der Waals surface area contributed by atoms with Crippen LogP contribution in [0.3, 0.4) is 0 Å². The molecule has 0 spiro atoms. The van der Waals surface area contributed by atoms with Crippen LogP contribution in [-0.4, -0.2) is 9.97 Å². The van der Waals surface area contributed by atoms with Crippen LogP contribution in [0.2, 0.25) is 0 Å². The van der Waals surface area contributed by atoms with Crippen molar-refractivity contribution in [2.75, 3.05) is 0 Å². The number of nitrogens with zero attached hydrogens (tertiary/aromatic N) is 2. The Hall–Kier alpha value is -1.84. The van der Waals surface area contributed by atoms with Crippen molar-refractivity contribution in [3.63, 3.8) is 0 Å². The molecule has 0 saturated carbocycles. The Bertz CT molecular complexity index is 398. The summed E-state index contributed by atoms with van der Waals surface area (Å²) in [6, 6.07) is 3.78. The van der Waals surface area contributed by atoms with Crippen molar-refractivity contribution >= 4 is 0 Å². The van der Waals surface area contributed by atoms with Crippen molar-refractivity contribution in [2.24, 2.45) is 0 Å². The largest absolute Gasteiger partial charge is 0.468 e. The SMILES string of the molecule is Cc1ccc(COc2cnccn2)o1. The van der Waals surface area contributed by atoms with Crippen LogP contribution in [0.15, 0.2) is 35.1 Å². The zero-order valence-electron chi connectivity index (χ0n) is 7.80. The summed E-state index contributed by atoms with van der Waals surface area (Å²) in [6.07, 6.45) is 4.75. The second-order valence-electron chi connectivity index (χ2n) is 2.84. The van der Waals surface area contributed by atoms with E-state index in [0.717, 1.165) is 11.5 Å². The highest BCUT2D eigenvalue weighted by Crippen LogP contribution is 2.09. The predicted molar refractivity (Wildman–Crippen MR) is 49.8 cm³/mol. The molecule has 0 saturated heterocycles. The highest BCUT2D eigenvalue weighted by Gasteiger charge is 2.00. The van der Waals surface area contributed by atoms with Gasteiger partial charge in [-0.3, -0.25) is 4.98 Å². The van der Waals surface area contributed by atoms with E-state index < -0.39 is 0 Å². The third-order valence-corrected chi connectivity index (χ3v) is 1.70. The van der Waals surface area contributed by atoms with Crippen LogP contribution in [-0.2, 0) is 6.61 Å². The summed E-state index contributed by atoms with van der Waals surface area (Å²) >= 11 is 0. The summed E-state index contributed by atoms with van der Waals surface area (Å²) in [5.74, 6) is 2.16. The van der Waals surface area contributed by atoms with Gasteiger partial charge in [-0.25, -0.2) is 4.98 Å². The fourth-order valence-electron chi connectivity index (χ4n) is 1.07. The molecule has 2 aromatic rings. The van der Waals surface area contributed by atoms with E-state index in [-0.39, 0.29) is 0 Å². The molecule has 0 aliphatic carbocycles. The molecular formula is C10H10N2O2. The molecule has 0 amide bonds. The van der Waals surface area contributed by atoms with Gasteiger partial charge in [-0.1, -0.05) is 0 Å². The van der Waals surface area contributed by atoms with Gasteiger partial charge in [0.1, 0.15) is 18.1 Å². The lowest BCUT2D eigenvalue weighted by molar-refractivity contribution is 0.257. The van der Waals surface area contributed by atoms with Gasteiger partial charge < -0.3 is 9.15 Å². The Balaban J connectivity index is 1.95. The third kappa shape index (κ3) is 2.10. The normalized spacial score (nSPS) is 10.1. The molecule has 0 N–H and O–H groups in total. The van der Waals surface area contributed by atoms with E-state index in [1.807, 2.05) is 19.1 Å². The van der Waals surface area contributed by atoms with Crippen LogP contribution in [0.5, 0.6) is 5.88 Å². The van der Waals surface area contributed by atoms with E-state index in [9.17, 15) is 0 Å². The van der Waals surface area contributed by atoms with Crippen molar-refractivity contribution in [3.05, 3.63) is 42.2 Å². The lowest BCUT2D eigenvalue weighted by atomic mass is 10.4. The summed E-state index contributed by atoms with van der Waals surface area (Å²) in [4.78, 5) is 7.86. The zero-order valence-corrected chi connectivity index (χ0v) is 7.80. The topological polar surface area (TPSA) is 48.2 Å². The van der Waals surface area contributed by atoms with Gasteiger partial charge in [0.2, 0.25) is 5.88 Å². The summed E-state index contributed by atoms with van der Waals surface area (Å²) < 4.78 is 10.7. The monoisotopic (exact) mass is 190 g/mol. The Morgan fingerprint density at radius 3 is 2.93 bits per heavy atom. The van der Waals surface area contributed by atoms with Crippen LogP contribution in [0, 0.1) is 6.92 Å². The summed E-state index contributed by atoms with van der Waals surface area (Å²) in [5.41, 5.74) is 0. The second kappa shape index (κ2) is 3.91. The first-order chi connectivity index (χ1) is 6.84. The highest BCUT2D eigenvalue weighted by molar-refractivity contribution is 5.07. The van der Waals surface area contributed by atoms with E-state index in [1.165, 1.54) is 0 Å². The number of hydrogen-bond donors (Lipinski definition) is 0. The van der Waals surface area contributed by atoms with E-state index in [1.54, 1.807) is 18.6 Å². The molecule has 72 valence electrons. The number of hydrogen-bond acceptors (Lipinski definition) is 4. The Morgan fingerprint density at radius 1 is 1.36 bits per heavy atom. The number of aryl methyl sites for hydroxylation is 1. The van der Waals surface area contributed by atoms with Crippen LogP contribution in [0.25, 0.3) is 0 Å². The quantitative estimate of drug-likeness (QED) is 0.742. The minimum absolute atomic E-state index is 0.381. The molecule has 0 bridgehead atoms. The standard InChI is InChI=1S/C10H10N2O2/c1-8-2-3-9(14-8)7-13-10-6-11-4-5-12-10/h2-6H,7H2,1H3. The second-order valence-corrected chi connectivity index (χ2v) is 2.84. The summed E-state index contributed by atoms with van der Waals surface area (Å²) in [6.45, 7) is 2.28. The maximum absolute atomic E-state index is 5.34. The van der Waals surface area contributed by atoms with Crippen molar-refractivity contribution in [3.8, 4) is 5.88 Å². The van der Waals surface area contributed by atoms with Crippen molar-refractivity contribution in [1.82, 2.24) is 9.97 Å². The van der Waals surface area contributed by atoms with Gasteiger partial charge in [-0.05, 0) is 19.1 Å². The predicted octanol–water partition coefficient (Wildman–Crippen LogP) is 1.96. The lowest BCUT2D eigenvalue weighted by Gasteiger charge is -2.00. The average Bonchev–Trinajstić information content (AvgIpc) is 2.63. The first kappa shape index (κ1) is 8.74. The zero-order chi connectivity index (χ0) is 9.80. The van der Waals surface area contributed by atoms with Gasteiger partial charge in [0, 0.05) is 12.4 Å². The first-order valence-electron chi connectivity index (χ1n) is 4.29. The highest BCUT2D eigenvalue weighted by atomic mass is 16.5. The fourth-order valence-corrected chi connectivity index (χ4v) is 1.07. The van der Waals surface area contributed by atoms with Crippen molar-refractivity contribution in [2.45, 2.75) is 13.5 Å². The molecule has 2 aromatic heterocycles. The molecule has 4 heteroatoms. The third-order valence-electron chi connectivity index (χ3n) is 1.70.